The monoisotopic (exact) mass is 382 g/mol. The molecule has 1 saturated carbocycles. The molecule has 0 radical (unpaired) electrons. The van der Waals surface area contributed by atoms with Gasteiger partial charge in [-0.3, -0.25) is 9.59 Å². The van der Waals surface area contributed by atoms with E-state index in [-0.39, 0.29) is 29.0 Å². The number of hydrogen-bond acceptors (Lipinski definition) is 6. The lowest BCUT2D eigenvalue weighted by Crippen LogP contribution is -2.40. The second-order valence-electron chi connectivity index (χ2n) is 6.42. The number of carbonyl (C=O) groups excluding carboxylic acids is 3. The Kier molecular flexibility index (Phi) is 6.01. The summed E-state index contributed by atoms with van der Waals surface area (Å²) in [6.45, 7) is 0.989. The molecule has 142 valence electrons. The summed E-state index contributed by atoms with van der Waals surface area (Å²) < 4.78 is 28.2. The molecule has 1 aliphatic carbocycles. The Morgan fingerprint density at radius 2 is 1.92 bits per heavy atom. The average Bonchev–Trinajstić information content (AvgIpc) is 3.35. The first-order chi connectivity index (χ1) is 12.1. The lowest BCUT2D eigenvalue weighted by molar-refractivity contribution is -0.137. The van der Waals surface area contributed by atoms with Crippen LogP contribution in [0.4, 0.5) is 0 Å². The van der Waals surface area contributed by atoms with Gasteiger partial charge in [-0.15, -0.1) is 0 Å². The normalized spacial score (nSPS) is 13.8. The molecular formula is C17H22N2O6S. The molecule has 0 heterocycles. The van der Waals surface area contributed by atoms with E-state index in [4.69, 9.17) is 4.74 Å². The van der Waals surface area contributed by atoms with Gasteiger partial charge in [0.15, 0.2) is 16.4 Å². The van der Waals surface area contributed by atoms with Crippen molar-refractivity contribution in [3.63, 3.8) is 0 Å². The summed E-state index contributed by atoms with van der Waals surface area (Å²) in [6, 6.07) is 4.33. The predicted molar refractivity (Wildman–Crippen MR) is 93.4 cm³/mol. The van der Waals surface area contributed by atoms with Crippen LogP contribution in [-0.2, 0) is 24.2 Å². The van der Waals surface area contributed by atoms with Crippen LogP contribution in [-0.4, -0.2) is 63.6 Å². The molecule has 0 unspecified atom stereocenters. The van der Waals surface area contributed by atoms with E-state index in [9.17, 15) is 22.8 Å². The standard InChI is InChI=1S/C17H22N2O6S/c1-11-4-7-13(26(3,23)24)8-14(11)17(22)25-10-16(21)19(2)9-15(20)18-12-5-6-12/h4,7-8,12H,5-6,9-10H2,1-3H3,(H,18,20). The number of nitrogens with one attached hydrogen (secondary N) is 1. The van der Waals surface area contributed by atoms with Gasteiger partial charge in [-0.2, -0.15) is 0 Å². The molecule has 1 aromatic carbocycles. The van der Waals surface area contributed by atoms with Crippen molar-refractivity contribution in [1.82, 2.24) is 10.2 Å². The van der Waals surface area contributed by atoms with Gasteiger partial charge < -0.3 is 15.0 Å². The highest BCUT2D eigenvalue weighted by molar-refractivity contribution is 7.90. The third-order valence-corrected chi connectivity index (χ3v) is 5.04. The molecule has 1 aromatic rings. The van der Waals surface area contributed by atoms with Crippen molar-refractivity contribution in [2.75, 3.05) is 26.5 Å². The summed E-state index contributed by atoms with van der Waals surface area (Å²) in [6.07, 6.45) is 2.94. The number of hydrogen-bond donors (Lipinski definition) is 1. The first-order valence-corrected chi connectivity index (χ1v) is 9.98. The van der Waals surface area contributed by atoms with Crippen LogP contribution in [0.15, 0.2) is 23.1 Å². The van der Waals surface area contributed by atoms with E-state index in [0.29, 0.717) is 5.56 Å². The maximum Gasteiger partial charge on any atom is 0.338 e. The molecule has 1 fully saturated rings. The number of benzene rings is 1. The summed E-state index contributed by atoms with van der Waals surface area (Å²) in [5, 5.41) is 2.76. The molecular weight excluding hydrogens is 360 g/mol. The van der Waals surface area contributed by atoms with Gasteiger partial charge in [0.2, 0.25) is 5.91 Å². The molecule has 0 bridgehead atoms. The number of aryl methyl sites for hydroxylation is 1. The number of amides is 2. The second-order valence-corrected chi connectivity index (χ2v) is 8.43. The van der Waals surface area contributed by atoms with Gasteiger partial charge in [0, 0.05) is 19.3 Å². The summed E-state index contributed by atoms with van der Waals surface area (Å²) in [4.78, 5) is 37.0. The van der Waals surface area contributed by atoms with E-state index in [2.05, 4.69) is 5.32 Å². The Morgan fingerprint density at radius 3 is 2.50 bits per heavy atom. The molecule has 8 nitrogen and oxygen atoms in total. The van der Waals surface area contributed by atoms with Crippen molar-refractivity contribution < 1.29 is 27.5 Å². The molecule has 26 heavy (non-hydrogen) atoms. The minimum absolute atomic E-state index is 0.00441. The number of likely N-dealkylation sites (N-methyl/N-ethyl adjacent to an activating group) is 1. The first-order valence-electron chi connectivity index (χ1n) is 8.09. The molecule has 1 aliphatic rings. The van der Waals surface area contributed by atoms with Gasteiger partial charge in [0.1, 0.15) is 0 Å². The van der Waals surface area contributed by atoms with Crippen LogP contribution >= 0.6 is 0 Å². The fraction of sp³-hybridized carbons (Fsp3) is 0.471. The Morgan fingerprint density at radius 1 is 1.27 bits per heavy atom. The van der Waals surface area contributed by atoms with Gasteiger partial charge >= 0.3 is 5.97 Å². The van der Waals surface area contributed by atoms with Crippen LogP contribution in [0.25, 0.3) is 0 Å². The number of nitrogens with zero attached hydrogens (tertiary/aromatic N) is 1. The van der Waals surface area contributed by atoms with Crippen molar-refractivity contribution in [3.05, 3.63) is 29.3 Å². The van der Waals surface area contributed by atoms with Crippen molar-refractivity contribution in [3.8, 4) is 0 Å². The third kappa shape index (κ3) is 5.55. The van der Waals surface area contributed by atoms with Crippen LogP contribution in [0, 0.1) is 6.92 Å². The molecule has 1 N–H and O–H groups in total. The highest BCUT2D eigenvalue weighted by Crippen LogP contribution is 2.18. The van der Waals surface area contributed by atoms with E-state index in [1.807, 2.05) is 0 Å². The smallest absolute Gasteiger partial charge is 0.338 e. The summed E-state index contributed by atoms with van der Waals surface area (Å²) in [5.41, 5.74) is 0.613. The number of carbonyl (C=O) groups is 3. The van der Waals surface area contributed by atoms with Crippen molar-refractivity contribution in [1.29, 1.82) is 0 Å². The molecule has 2 amide bonds. The zero-order valence-corrected chi connectivity index (χ0v) is 15.8. The molecule has 0 atom stereocenters. The fourth-order valence-corrected chi connectivity index (χ4v) is 2.82. The van der Waals surface area contributed by atoms with Crippen molar-refractivity contribution in [2.24, 2.45) is 0 Å². The van der Waals surface area contributed by atoms with Gasteiger partial charge in [0.05, 0.1) is 17.0 Å². The number of rotatable bonds is 7. The summed E-state index contributed by atoms with van der Waals surface area (Å²) in [5.74, 6) is -1.58. The lowest BCUT2D eigenvalue weighted by Gasteiger charge is -2.17. The molecule has 9 heteroatoms. The van der Waals surface area contributed by atoms with E-state index >= 15 is 0 Å². The second kappa shape index (κ2) is 7.86. The Bertz CT molecular complexity index is 830. The Labute approximate surface area is 152 Å². The van der Waals surface area contributed by atoms with E-state index in [1.165, 1.54) is 30.1 Å². The van der Waals surface area contributed by atoms with Crippen molar-refractivity contribution >= 4 is 27.6 Å². The van der Waals surface area contributed by atoms with Crippen LogP contribution in [0.3, 0.4) is 0 Å². The average molecular weight is 382 g/mol. The van der Waals surface area contributed by atoms with Gasteiger partial charge in [-0.1, -0.05) is 6.07 Å². The quantitative estimate of drug-likeness (QED) is 0.679. The Balaban J connectivity index is 1.93. The topological polar surface area (TPSA) is 110 Å². The van der Waals surface area contributed by atoms with Gasteiger partial charge in [-0.05, 0) is 37.5 Å². The summed E-state index contributed by atoms with van der Waals surface area (Å²) in [7, 11) is -2.02. The highest BCUT2D eigenvalue weighted by atomic mass is 32.2. The highest BCUT2D eigenvalue weighted by Gasteiger charge is 2.24. The molecule has 0 aliphatic heterocycles. The maximum absolute atomic E-state index is 12.2. The van der Waals surface area contributed by atoms with E-state index in [0.717, 1.165) is 19.1 Å². The molecule has 2 rings (SSSR count). The number of ether oxygens (including phenoxy) is 1. The SMILES string of the molecule is Cc1ccc(S(C)(=O)=O)cc1C(=O)OCC(=O)N(C)CC(=O)NC1CC1. The number of esters is 1. The third-order valence-electron chi connectivity index (χ3n) is 3.93. The summed E-state index contributed by atoms with van der Waals surface area (Å²) >= 11 is 0. The number of sulfone groups is 1. The molecule has 0 saturated heterocycles. The van der Waals surface area contributed by atoms with Crippen LogP contribution in [0.1, 0.15) is 28.8 Å². The zero-order chi connectivity index (χ0) is 19.5. The van der Waals surface area contributed by atoms with Gasteiger partial charge in [-0.25, -0.2) is 13.2 Å². The predicted octanol–water partition coefficient (Wildman–Crippen LogP) is 0.292. The van der Waals surface area contributed by atoms with Crippen LogP contribution in [0.2, 0.25) is 0 Å². The largest absolute Gasteiger partial charge is 0.452 e. The van der Waals surface area contributed by atoms with Gasteiger partial charge in [0.25, 0.3) is 5.91 Å². The minimum atomic E-state index is -3.47. The molecule has 0 spiro atoms. The van der Waals surface area contributed by atoms with Crippen LogP contribution in [0.5, 0.6) is 0 Å². The zero-order valence-electron chi connectivity index (χ0n) is 14.9. The van der Waals surface area contributed by atoms with Crippen LogP contribution < -0.4 is 5.32 Å². The fourth-order valence-electron chi connectivity index (χ4n) is 2.17. The lowest BCUT2D eigenvalue weighted by atomic mass is 10.1. The molecule has 0 aromatic heterocycles. The Hall–Kier alpha value is -2.42. The minimum Gasteiger partial charge on any atom is -0.452 e. The maximum atomic E-state index is 12.2. The first kappa shape index (κ1) is 19.9. The van der Waals surface area contributed by atoms with E-state index in [1.54, 1.807) is 6.92 Å². The van der Waals surface area contributed by atoms with E-state index < -0.39 is 28.3 Å². The van der Waals surface area contributed by atoms with Crippen molar-refractivity contribution in [2.45, 2.75) is 30.7 Å².